The molecule has 5 heteroatoms. The van der Waals surface area contributed by atoms with Gasteiger partial charge >= 0.3 is 6.03 Å². The molecule has 0 aliphatic carbocycles. The molecule has 1 aliphatic heterocycles. The van der Waals surface area contributed by atoms with Gasteiger partial charge < -0.3 is 4.74 Å². The van der Waals surface area contributed by atoms with Crippen LogP contribution in [0.4, 0.5) is 4.79 Å². The van der Waals surface area contributed by atoms with Gasteiger partial charge in [0.2, 0.25) is 5.72 Å². The Balaban J connectivity index is 2.36. The lowest BCUT2D eigenvalue weighted by Crippen LogP contribution is -2.47. The van der Waals surface area contributed by atoms with Crippen molar-refractivity contribution in [3.05, 3.63) is 35.4 Å². The van der Waals surface area contributed by atoms with Gasteiger partial charge in [-0.05, 0) is 12.8 Å². The normalized spacial score (nSPS) is 22.5. The summed E-state index contributed by atoms with van der Waals surface area (Å²) in [6.07, 6.45) is 0. The highest BCUT2D eigenvalue weighted by molar-refractivity contribution is 6.06. The molecule has 1 atom stereocenters. The number of carbonyl (C=O) groups is 2. The molecule has 1 heterocycles. The third-order valence-corrected chi connectivity index (χ3v) is 2.93. The number of rotatable bonds is 4. The molecule has 2 rings (SSSR count). The summed E-state index contributed by atoms with van der Waals surface area (Å²) in [5.74, 6) is -0.213. The van der Waals surface area contributed by atoms with Gasteiger partial charge in [-0.3, -0.25) is 15.4 Å². The smallest absolute Gasteiger partial charge is 0.324 e. The quantitative estimate of drug-likeness (QED) is 0.811. The highest BCUT2D eigenvalue weighted by atomic mass is 16.5. The molecule has 0 aromatic heterocycles. The summed E-state index contributed by atoms with van der Waals surface area (Å²) >= 11 is 0. The number of nitrogens with one attached hydrogen (secondary N) is 2. The van der Waals surface area contributed by atoms with Gasteiger partial charge in [-0.2, -0.15) is 0 Å². The van der Waals surface area contributed by atoms with Crippen molar-refractivity contribution in [2.45, 2.75) is 26.5 Å². The molecule has 0 radical (unpaired) electrons. The summed E-state index contributed by atoms with van der Waals surface area (Å²) < 4.78 is 5.72. The zero-order valence-corrected chi connectivity index (χ0v) is 11.3. The van der Waals surface area contributed by atoms with Crippen molar-refractivity contribution in [2.75, 3.05) is 6.61 Å². The molecule has 1 fully saturated rings. The maximum atomic E-state index is 12.1. The number of ether oxygens (including phenoxy) is 1. The highest BCUT2D eigenvalue weighted by Crippen LogP contribution is 2.27. The van der Waals surface area contributed by atoms with Gasteiger partial charge in [-0.1, -0.05) is 43.7 Å². The Morgan fingerprint density at radius 2 is 1.84 bits per heavy atom. The van der Waals surface area contributed by atoms with E-state index in [-0.39, 0.29) is 5.92 Å². The van der Waals surface area contributed by atoms with Crippen molar-refractivity contribution in [3.8, 4) is 0 Å². The van der Waals surface area contributed by atoms with Crippen LogP contribution in [0.1, 0.15) is 25.0 Å². The van der Waals surface area contributed by atoms with Crippen molar-refractivity contribution in [2.24, 2.45) is 5.92 Å². The lowest BCUT2D eigenvalue weighted by atomic mass is 10.0. The first kappa shape index (κ1) is 13.5. The van der Waals surface area contributed by atoms with Crippen molar-refractivity contribution >= 4 is 11.9 Å². The largest absolute Gasteiger partial charge is 0.343 e. The lowest BCUT2D eigenvalue weighted by Gasteiger charge is -2.27. The number of hydrogen-bond acceptors (Lipinski definition) is 3. The average molecular weight is 262 g/mol. The molecule has 0 spiro atoms. The van der Waals surface area contributed by atoms with Gasteiger partial charge in [-0.15, -0.1) is 0 Å². The molecule has 5 nitrogen and oxygen atoms in total. The predicted molar refractivity (Wildman–Crippen MR) is 70.3 cm³/mol. The summed E-state index contributed by atoms with van der Waals surface area (Å²) in [4.78, 5) is 23.5. The zero-order chi connectivity index (χ0) is 14.0. The Morgan fingerprint density at radius 1 is 1.21 bits per heavy atom. The van der Waals surface area contributed by atoms with Crippen LogP contribution in [0.3, 0.4) is 0 Å². The van der Waals surface area contributed by atoms with Gasteiger partial charge in [0.05, 0.1) is 6.61 Å². The molecule has 1 aromatic carbocycles. The second-order valence-electron chi connectivity index (χ2n) is 5.16. The Labute approximate surface area is 112 Å². The van der Waals surface area contributed by atoms with Gasteiger partial charge in [0.25, 0.3) is 5.91 Å². The van der Waals surface area contributed by atoms with E-state index in [1.165, 1.54) is 0 Å². The van der Waals surface area contributed by atoms with Gasteiger partial charge in [0.1, 0.15) is 0 Å². The lowest BCUT2D eigenvalue weighted by molar-refractivity contribution is -0.148. The van der Waals surface area contributed by atoms with Crippen molar-refractivity contribution in [1.82, 2.24) is 10.6 Å². The minimum Gasteiger partial charge on any atom is -0.343 e. The van der Waals surface area contributed by atoms with Crippen molar-refractivity contribution in [3.63, 3.8) is 0 Å². The number of hydrogen-bond donors (Lipinski definition) is 2. The van der Waals surface area contributed by atoms with E-state index in [0.717, 1.165) is 5.56 Å². The number of urea groups is 1. The van der Waals surface area contributed by atoms with E-state index in [1.807, 2.05) is 32.9 Å². The Kier molecular flexibility index (Phi) is 3.57. The second kappa shape index (κ2) is 5.01. The molecule has 0 saturated carbocycles. The van der Waals surface area contributed by atoms with E-state index < -0.39 is 17.7 Å². The SMILES string of the molecule is Cc1ccc(C2(OCC(C)C)NC(=O)NC2=O)cc1. The van der Waals surface area contributed by atoms with E-state index in [2.05, 4.69) is 10.6 Å². The van der Waals surface area contributed by atoms with E-state index in [1.54, 1.807) is 12.1 Å². The molecule has 1 aliphatic rings. The number of aryl methyl sites for hydroxylation is 1. The molecule has 1 aromatic rings. The van der Waals surface area contributed by atoms with Crippen molar-refractivity contribution < 1.29 is 14.3 Å². The number of imide groups is 1. The fraction of sp³-hybridized carbons (Fsp3) is 0.429. The molecule has 1 saturated heterocycles. The van der Waals surface area contributed by atoms with Gasteiger partial charge in [-0.25, -0.2) is 4.79 Å². The standard InChI is InChI=1S/C14H18N2O3/c1-9(2)8-19-14(12(17)15-13(18)16-14)11-6-4-10(3)5-7-11/h4-7,9H,8H2,1-3H3,(H2,15,16,17,18). The zero-order valence-electron chi connectivity index (χ0n) is 11.3. The molecular formula is C14H18N2O3. The summed E-state index contributed by atoms with van der Waals surface area (Å²) in [5, 5.41) is 4.82. The Hall–Kier alpha value is -1.88. The van der Waals surface area contributed by atoms with Crippen LogP contribution in [-0.2, 0) is 15.3 Å². The average Bonchev–Trinajstić information content (AvgIpc) is 2.63. The first-order valence-corrected chi connectivity index (χ1v) is 6.29. The first-order chi connectivity index (χ1) is 8.94. The van der Waals surface area contributed by atoms with Crippen LogP contribution in [0, 0.1) is 12.8 Å². The van der Waals surface area contributed by atoms with Gasteiger partial charge in [0.15, 0.2) is 0 Å². The first-order valence-electron chi connectivity index (χ1n) is 6.29. The molecule has 19 heavy (non-hydrogen) atoms. The van der Waals surface area contributed by atoms with Crippen LogP contribution in [0.15, 0.2) is 24.3 Å². The van der Waals surface area contributed by atoms with Crippen LogP contribution in [-0.4, -0.2) is 18.5 Å². The molecule has 2 N–H and O–H groups in total. The van der Waals surface area contributed by atoms with E-state index in [0.29, 0.717) is 12.2 Å². The fourth-order valence-corrected chi connectivity index (χ4v) is 1.91. The summed E-state index contributed by atoms with van der Waals surface area (Å²) in [6.45, 7) is 6.30. The third kappa shape index (κ3) is 2.61. The highest BCUT2D eigenvalue weighted by Gasteiger charge is 2.49. The van der Waals surface area contributed by atoms with Crippen molar-refractivity contribution in [1.29, 1.82) is 0 Å². The fourth-order valence-electron chi connectivity index (χ4n) is 1.91. The molecule has 1 unspecified atom stereocenters. The molecule has 0 bridgehead atoms. The van der Waals surface area contributed by atoms with E-state index in [4.69, 9.17) is 4.74 Å². The van der Waals surface area contributed by atoms with Crippen LogP contribution in [0.2, 0.25) is 0 Å². The number of amides is 3. The maximum Gasteiger partial charge on any atom is 0.324 e. The number of carbonyl (C=O) groups excluding carboxylic acids is 2. The molecular weight excluding hydrogens is 244 g/mol. The summed E-state index contributed by atoms with van der Waals surface area (Å²) in [6, 6.07) is 6.82. The second-order valence-corrected chi connectivity index (χ2v) is 5.16. The van der Waals surface area contributed by atoms with Gasteiger partial charge in [0, 0.05) is 5.56 Å². The Morgan fingerprint density at radius 3 is 2.32 bits per heavy atom. The van der Waals surface area contributed by atoms with Crippen LogP contribution in [0.25, 0.3) is 0 Å². The summed E-state index contributed by atoms with van der Waals surface area (Å²) in [5.41, 5.74) is 0.296. The summed E-state index contributed by atoms with van der Waals surface area (Å²) in [7, 11) is 0. The predicted octanol–water partition coefficient (Wildman–Crippen LogP) is 1.66. The maximum absolute atomic E-state index is 12.1. The minimum atomic E-state index is -1.41. The number of benzene rings is 1. The minimum absolute atomic E-state index is 0.257. The molecule has 102 valence electrons. The van der Waals surface area contributed by atoms with E-state index in [9.17, 15) is 9.59 Å². The molecule has 3 amide bonds. The third-order valence-electron chi connectivity index (χ3n) is 2.93. The van der Waals surface area contributed by atoms with Crippen LogP contribution >= 0.6 is 0 Å². The topological polar surface area (TPSA) is 67.4 Å². The monoisotopic (exact) mass is 262 g/mol. The van der Waals surface area contributed by atoms with Crippen LogP contribution in [0.5, 0.6) is 0 Å². The Bertz CT molecular complexity index is 496. The van der Waals surface area contributed by atoms with Crippen LogP contribution < -0.4 is 10.6 Å². The van der Waals surface area contributed by atoms with E-state index >= 15 is 0 Å².